The minimum atomic E-state index is -4.14. The normalized spacial score (nSPS) is 15.6. The predicted octanol–water partition coefficient (Wildman–Crippen LogP) is 6.91. The van der Waals surface area contributed by atoms with Gasteiger partial charge in [0.25, 0.3) is 15.9 Å². The minimum Gasteiger partial charge on any atom is -0.476 e. The van der Waals surface area contributed by atoms with Crippen molar-refractivity contribution >= 4 is 22.3 Å². The number of likely N-dealkylation sites (N-methyl/N-ethyl adjacent to an activating group) is 1. The Morgan fingerprint density at radius 2 is 1.76 bits per heavy atom. The molecule has 0 amide bonds. The van der Waals surface area contributed by atoms with Crippen LogP contribution in [0.3, 0.4) is 0 Å². The van der Waals surface area contributed by atoms with E-state index in [2.05, 4.69) is 40.5 Å². The second-order valence-electron chi connectivity index (χ2n) is 12.6. The summed E-state index contributed by atoms with van der Waals surface area (Å²) in [5, 5.41) is 4.11. The van der Waals surface area contributed by atoms with Crippen LogP contribution >= 0.6 is 0 Å². The van der Waals surface area contributed by atoms with Crippen LogP contribution < -0.4 is 9.46 Å². The number of hydrazine groups is 1. The molecule has 1 aliphatic carbocycles. The monoisotopic (exact) mass is 657 g/mol. The maximum Gasteiger partial charge on any atom is 0.264 e. The largest absolute Gasteiger partial charge is 0.476 e. The Morgan fingerprint density at radius 1 is 1.09 bits per heavy atom. The number of halogens is 2. The van der Waals surface area contributed by atoms with Gasteiger partial charge in [-0.05, 0) is 55.9 Å². The number of nitrogens with one attached hydrogen (secondary N) is 1. The van der Waals surface area contributed by atoms with Crippen LogP contribution in [-0.2, 0) is 10.0 Å². The molecule has 9 nitrogen and oxygen atoms in total. The van der Waals surface area contributed by atoms with Gasteiger partial charge in [0.15, 0.2) is 0 Å². The third kappa shape index (κ3) is 8.86. The number of aryl methyl sites for hydroxylation is 2. The summed E-state index contributed by atoms with van der Waals surface area (Å²) in [6.45, 7) is 11.0. The number of hydrogen-bond donors (Lipinski definition) is 1. The Hall–Kier alpha value is -3.48. The van der Waals surface area contributed by atoms with Crippen LogP contribution in [0.1, 0.15) is 74.4 Å². The Bertz CT molecular complexity index is 1590. The first-order valence-electron chi connectivity index (χ1n) is 15.8. The first-order valence-corrected chi connectivity index (χ1v) is 17.2. The molecule has 1 atom stereocenters. The van der Waals surface area contributed by atoms with Crippen LogP contribution in [0, 0.1) is 19.8 Å². The van der Waals surface area contributed by atoms with Crippen molar-refractivity contribution in [2.45, 2.75) is 89.6 Å². The lowest BCUT2D eigenvalue weighted by atomic mass is 9.87. The van der Waals surface area contributed by atoms with Crippen molar-refractivity contribution in [3.05, 3.63) is 65.2 Å². The van der Waals surface area contributed by atoms with Gasteiger partial charge in [-0.15, -0.1) is 0 Å². The summed E-state index contributed by atoms with van der Waals surface area (Å²) in [4.78, 5) is 20.2. The van der Waals surface area contributed by atoms with E-state index in [0.717, 1.165) is 36.0 Å². The average molecular weight is 658 g/mol. The van der Waals surface area contributed by atoms with Crippen LogP contribution in [0.2, 0.25) is 0 Å². The molecule has 1 fully saturated rings. The van der Waals surface area contributed by atoms with Gasteiger partial charge in [-0.1, -0.05) is 57.5 Å². The number of rotatable bonds is 16. The number of nitrogens with zero attached hydrogens (tertiary/aromatic N) is 4. The summed E-state index contributed by atoms with van der Waals surface area (Å²) < 4.78 is 63.2. The Balaban J connectivity index is 1.67. The van der Waals surface area contributed by atoms with Crippen LogP contribution in [0.4, 0.5) is 14.7 Å². The number of carbonyl (C=O) groups excluding carboxylic acids is 1. The highest BCUT2D eigenvalue weighted by molar-refractivity contribution is 7.92. The van der Waals surface area contributed by atoms with Crippen LogP contribution in [0.5, 0.6) is 5.88 Å². The van der Waals surface area contributed by atoms with Gasteiger partial charge in [-0.3, -0.25) is 4.79 Å². The molecule has 3 aromatic rings. The predicted molar refractivity (Wildman–Crippen MR) is 176 cm³/mol. The summed E-state index contributed by atoms with van der Waals surface area (Å²) in [6, 6.07) is 12.8. The number of alkyl halides is 2. The SMILES string of the molecule is CCCCN(C1CC(F)(F)C1)N(C)[C@@H](COc1cc(-c2c(C)cccc2C)nc(NS(=O)(=O)c2cccc(C=O)c2)n1)CC(C)C. The van der Waals surface area contributed by atoms with E-state index in [9.17, 15) is 22.0 Å². The van der Waals surface area contributed by atoms with Crippen molar-refractivity contribution in [1.82, 2.24) is 20.0 Å². The molecule has 0 unspecified atom stereocenters. The molecule has 0 saturated heterocycles. The molecule has 0 aliphatic heterocycles. The third-order valence-electron chi connectivity index (χ3n) is 8.30. The molecule has 1 N–H and O–H groups in total. The van der Waals surface area contributed by atoms with Crippen molar-refractivity contribution in [2.75, 3.05) is 24.9 Å². The van der Waals surface area contributed by atoms with Gasteiger partial charge in [-0.2, -0.15) is 4.98 Å². The highest BCUT2D eigenvalue weighted by atomic mass is 32.2. The second-order valence-corrected chi connectivity index (χ2v) is 14.3. The lowest BCUT2D eigenvalue weighted by molar-refractivity contribution is -0.185. The highest BCUT2D eigenvalue weighted by Crippen LogP contribution is 2.41. The molecule has 0 spiro atoms. The van der Waals surface area contributed by atoms with Crippen molar-refractivity contribution in [1.29, 1.82) is 0 Å². The van der Waals surface area contributed by atoms with Crippen LogP contribution in [-0.4, -0.2) is 72.9 Å². The van der Waals surface area contributed by atoms with E-state index in [0.29, 0.717) is 24.4 Å². The van der Waals surface area contributed by atoms with Gasteiger partial charge in [0.05, 0.1) is 16.6 Å². The Kier molecular flexibility index (Phi) is 11.5. The maximum absolute atomic E-state index is 13.9. The molecule has 4 rings (SSSR count). The second kappa shape index (κ2) is 15.0. The van der Waals surface area contributed by atoms with Crippen molar-refractivity contribution in [3.63, 3.8) is 0 Å². The third-order valence-corrected chi connectivity index (χ3v) is 9.63. The molecule has 1 aromatic heterocycles. The number of hydrogen-bond acceptors (Lipinski definition) is 8. The summed E-state index contributed by atoms with van der Waals surface area (Å²) in [6.07, 6.45) is 2.81. The molecule has 250 valence electrons. The van der Waals surface area contributed by atoms with Crippen molar-refractivity contribution in [3.8, 4) is 17.1 Å². The Labute approximate surface area is 271 Å². The highest BCUT2D eigenvalue weighted by Gasteiger charge is 2.49. The molecule has 0 radical (unpaired) electrons. The average Bonchev–Trinajstić information content (AvgIpc) is 2.98. The molecule has 1 aliphatic rings. The van der Waals surface area contributed by atoms with E-state index in [1.807, 2.05) is 44.1 Å². The number of aromatic nitrogens is 2. The molecule has 46 heavy (non-hydrogen) atoms. The van der Waals surface area contributed by atoms with E-state index in [1.54, 1.807) is 6.07 Å². The van der Waals surface area contributed by atoms with E-state index in [-0.39, 0.29) is 53.8 Å². The van der Waals surface area contributed by atoms with E-state index < -0.39 is 15.9 Å². The topological polar surface area (TPSA) is 105 Å². The zero-order valence-electron chi connectivity index (χ0n) is 27.5. The fraction of sp³-hybridized carbons (Fsp3) is 0.500. The molecule has 1 saturated carbocycles. The number of anilines is 1. The fourth-order valence-electron chi connectivity index (χ4n) is 5.85. The maximum atomic E-state index is 13.9. The van der Waals surface area contributed by atoms with Crippen molar-refractivity contribution < 1.29 is 26.7 Å². The molecule has 1 heterocycles. The van der Waals surface area contributed by atoms with Gasteiger partial charge in [0.2, 0.25) is 11.8 Å². The first-order chi connectivity index (χ1) is 21.7. The van der Waals surface area contributed by atoms with Gasteiger partial charge < -0.3 is 4.74 Å². The van der Waals surface area contributed by atoms with Gasteiger partial charge in [0, 0.05) is 49.7 Å². The minimum absolute atomic E-state index is 0.104. The van der Waals surface area contributed by atoms with Crippen molar-refractivity contribution in [2.24, 2.45) is 5.92 Å². The summed E-state index contributed by atoms with van der Waals surface area (Å²) in [7, 11) is -2.22. The molecule has 12 heteroatoms. The molecule has 0 bridgehead atoms. The number of aldehydes is 1. The number of ether oxygens (including phenoxy) is 1. The lowest BCUT2D eigenvalue weighted by Gasteiger charge is -2.48. The first kappa shape index (κ1) is 35.4. The lowest BCUT2D eigenvalue weighted by Crippen LogP contribution is -2.59. The van der Waals surface area contributed by atoms with E-state index in [4.69, 9.17) is 4.74 Å². The van der Waals surface area contributed by atoms with Gasteiger partial charge in [0.1, 0.15) is 12.9 Å². The fourth-order valence-corrected chi connectivity index (χ4v) is 6.85. The van der Waals surface area contributed by atoms with Gasteiger partial charge >= 0.3 is 0 Å². The zero-order chi connectivity index (χ0) is 33.6. The van der Waals surface area contributed by atoms with Gasteiger partial charge in [-0.25, -0.2) is 36.9 Å². The number of sulfonamides is 1. The smallest absolute Gasteiger partial charge is 0.264 e. The Morgan fingerprint density at radius 3 is 2.37 bits per heavy atom. The number of unbranched alkanes of at least 4 members (excludes halogenated alkanes) is 1. The summed E-state index contributed by atoms with van der Waals surface area (Å²) >= 11 is 0. The standard InChI is InChI=1S/C34H45F2N5O4S/c1-7-8-15-41(28-19-34(35,36)20-28)40(6)27(16-23(2)3)22-45-31-18-30(32-24(4)11-9-12-25(32)5)37-33(38-31)39-46(43,44)29-14-10-13-26(17-29)21-42/h9-14,17-18,21,23,27-28H,7-8,15-16,19-20,22H2,1-6H3,(H,37,38,39)/t27-/m1/s1. The van der Waals surface area contributed by atoms with E-state index in [1.165, 1.54) is 24.3 Å². The number of carbonyl (C=O) groups is 1. The zero-order valence-corrected chi connectivity index (χ0v) is 28.3. The molecular formula is C34H45F2N5O4S. The quantitative estimate of drug-likeness (QED) is 0.131. The van der Waals surface area contributed by atoms with Crippen LogP contribution in [0.15, 0.2) is 53.4 Å². The number of benzene rings is 2. The summed E-state index contributed by atoms with van der Waals surface area (Å²) in [5.74, 6) is -2.35. The molecule has 2 aromatic carbocycles. The van der Waals surface area contributed by atoms with Crippen LogP contribution in [0.25, 0.3) is 11.3 Å². The summed E-state index contributed by atoms with van der Waals surface area (Å²) in [5.41, 5.74) is 3.41. The molecular weight excluding hydrogens is 612 g/mol. The van der Waals surface area contributed by atoms with E-state index >= 15 is 0 Å².